The van der Waals surface area contributed by atoms with E-state index in [1.54, 1.807) is 0 Å². The molecular formula is C12H19F2NO3. The highest BCUT2D eigenvalue weighted by atomic mass is 19.3. The van der Waals surface area contributed by atoms with Crippen LogP contribution in [0.2, 0.25) is 0 Å². The molecule has 0 aromatic carbocycles. The lowest BCUT2D eigenvalue weighted by Gasteiger charge is -2.35. The van der Waals surface area contributed by atoms with E-state index < -0.39 is 31.8 Å². The van der Waals surface area contributed by atoms with Crippen molar-refractivity contribution in [1.82, 2.24) is 4.90 Å². The van der Waals surface area contributed by atoms with Gasteiger partial charge in [-0.3, -0.25) is 4.79 Å². The lowest BCUT2D eigenvalue weighted by molar-refractivity contribution is -0.171. The second-order valence-corrected chi connectivity index (χ2v) is 4.84. The molecule has 0 spiro atoms. The third kappa shape index (κ3) is 3.17. The minimum atomic E-state index is -2.85. The number of alkyl halides is 2. The SMILES string of the molecule is [2H]C([2H])([2H])OC1CCN(C(=O)C2CCC(F)(F)CO2)CC1. The van der Waals surface area contributed by atoms with E-state index >= 15 is 0 Å². The number of likely N-dealkylation sites (tertiary alicyclic amines) is 1. The topological polar surface area (TPSA) is 38.8 Å². The fourth-order valence-corrected chi connectivity index (χ4v) is 2.31. The molecule has 2 aliphatic heterocycles. The number of hydrogen-bond donors (Lipinski definition) is 0. The maximum atomic E-state index is 13.0. The number of halogens is 2. The molecule has 6 heteroatoms. The van der Waals surface area contributed by atoms with Gasteiger partial charge in [0.25, 0.3) is 11.8 Å². The Bertz CT molecular complexity index is 374. The van der Waals surface area contributed by atoms with Crippen molar-refractivity contribution in [1.29, 1.82) is 0 Å². The minimum absolute atomic E-state index is 0.0114. The number of piperidine rings is 1. The van der Waals surface area contributed by atoms with E-state index in [4.69, 9.17) is 13.6 Å². The number of rotatable bonds is 2. The van der Waals surface area contributed by atoms with Crippen LogP contribution in [0.1, 0.15) is 29.8 Å². The van der Waals surface area contributed by atoms with Crippen molar-refractivity contribution in [2.45, 2.75) is 43.8 Å². The van der Waals surface area contributed by atoms with Gasteiger partial charge < -0.3 is 14.4 Å². The Hall–Kier alpha value is -0.750. The van der Waals surface area contributed by atoms with Gasteiger partial charge in [-0.1, -0.05) is 0 Å². The summed E-state index contributed by atoms with van der Waals surface area (Å²) >= 11 is 0. The second kappa shape index (κ2) is 5.48. The summed E-state index contributed by atoms with van der Waals surface area (Å²) in [6.45, 7) is -0.00625. The Morgan fingerprint density at radius 3 is 2.72 bits per heavy atom. The number of methoxy groups -OCH3 is 1. The number of nitrogens with zero attached hydrogens (tertiary/aromatic N) is 1. The maximum Gasteiger partial charge on any atom is 0.271 e. The molecule has 18 heavy (non-hydrogen) atoms. The fraction of sp³-hybridized carbons (Fsp3) is 0.917. The molecule has 104 valence electrons. The molecule has 0 aromatic heterocycles. The van der Waals surface area contributed by atoms with Crippen LogP contribution >= 0.6 is 0 Å². The number of amides is 1. The molecule has 0 aromatic rings. The van der Waals surface area contributed by atoms with Crippen molar-refractivity contribution in [2.24, 2.45) is 0 Å². The average Bonchev–Trinajstić information content (AvgIpc) is 2.37. The molecule has 2 rings (SSSR count). The van der Waals surface area contributed by atoms with Crippen molar-refractivity contribution in [3.8, 4) is 0 Å². The first-order chi connectivity index (χ1) is 9.66. The van der Waals surface area contributed by atoms with Gasteiger partial charge in [-0.05, 0) is 19.3 Å². The summed E-state index contributed by atoms with van der Waals surface area (Å²) in [5.41, 5.74) is 0. The Kier molecular flexibility index (Phi) is 3.07. The van der Waals surface area contributed by atoms with E-state index in [1.165, 1.54) is 4.90 Å². The highest BCUT2D eigenvalue weighted by molar-refractivity contribution is 5.81. The van der Waals surface area contributed by atoms with Crippen LogP contribution in [0, 0.1) is 0 Å². The van der Waals surface area contributed by atoms with Crippen LogP contribution < -0.4 is 0 Å². The Morgan fingerprint density at radius 1 is 1.44 bits per heavy atom. The van der Waals surface area contributed by atoms with Crippen molar-refractivity contribution < 1.29 is 27.2 Å². The number of carbonyl (C=O) groups is 1. The molecule has 2 heterocycles. The quantitative estimate of drug-likeness (QED) is 0.759. The zero-order valence-electron chi connectivity index (χ0n) is 13.0. The number of ether oxygens (including phenoxy) is 2. The summed E-state index contributed by atoms with van der Waals surface area (Å²) in [5, 5.41) is 0. The van der Waals surface area contributed by atoms with Gasteiger partial charge in [0.05, 0.1) is 10.2 Å². The molecule has 0 aliphatic carbocycles. The van der Waals surface area contributed by atoms with Gasteiger partial charge in [0.15, 0.2) is 0 Å². The van der Waals surface area contributed by atoms with Crippen LogP contribution in [0.4, 0.5) is 8.78 Å². The standard InChI is InChI=1S/C12H19F2NO3/c1-17-9-3-6-15(7-4-9)11(16)10-2-5-12(13,14)8-18-10/h9-10H,2-8H2,1H3/i1D3. The minimum Gasteiger partial charge on any atom is -0.381 e. The van der Waals surface area contributed by atoms with Gasteiger partial charge in [0, 0.05) is 26.5 Å². The predicted molar refractivity (Wildman–Crippen MR) is 60.5 cm³/mol. The molecule has 4 nitrogen and oxygen atoms in total. The summed E-state index contributed by atoms with van der Waals surface area (Å²) in [5.74, 6) is -3.14. The summed E-state index contributed by atoms with van der Waals surface area (Å²) in [6.07, 6.45) is -0.706. The molecule has 1 unspecified atom stereocenters. The van der Waals surface area contributed by atoms with Crippen LogP contribution in [-0.2, 0) is 14.3 Å². The molecule has 0 radical (unpaired) electrons. The average molecular weight is 266 g/mol. The van der Waals surface area contributed by atoms with Crippen LogP contribution in [-0.4, -0.2) is 55.7 Å². The number of hydrogen-bond acceptors (Lipinski definition) is 3. The highest BCUT2D eigenvalue weighted by Gasteiger charge is 2.40. The van der Waals surface area contributed by atoms with Gasteiger partial charge in [-0.2, -0.15) is 0 Å². The van der Waals surface area contributed by atoms with E-state index in [0.717, 1.165) is 0 Å². The first kappa shape index (κ1) is 10.1. The third-order valence-corrected chi connectivity index (χ3v) is 3.46. The Morgan fingerprint density at radius 2 is 2.17 bits per heavy atom. The first-order valence-corrected chi connectivity index (χ1v) is 6.12. The van der Waals surface area contributed by atoms with Crippen molar-refractivity contribution >= 4 is 5.91 Å². The summed E-state index contributed by atoms with van der Waals surface area (Å²) < 4.78 is 56.9. The van der Waals surface area contributed by atoms with Crippen molar-refractivity contribution in [3.05, 3.63) is 0 Å². The van der Waals surface area contributed by atoms with E-state index in [2.05, 4.69) is 0 Å². The Balaban J connectivity index is 1.78. The fourth-order valence-electron chi connectivity index (χ4n) is 2.31. The summed E-state index contributed by atoms with van der Waals surface area (Å²) in [6, 6.07) is 0. The molecular weight excluding hydrogens is 244 g/mol. The van der Waals surface area contributed by atoms with Crippen LogP contribution in [0.25, 0.3) is 0 Å². The normalized spacial score (nSPS) is 32.4. The summed E-state index contributed by atoms with van der Waals surface area (Å²) in [7, 11) is -2.44. The van der Waals surface area contributed by atoms with Gasteiger partial charge in [-0.25, -0.2) is 8.78 Å². The molecule has 2 aliphatic rings. The molecule has 0 saturated carbocycles. The van der Waals surface area contributed by atoms with E-state index in [0.29, 0.717) is 25.9 Å². The summed E-state index contributed by atoms with van der Waals surface area (Å²) in [4.78, 5) is 13.7. The highest BCUT2D eigenvalue weighted by Crippen LogP contribution is 2.29. The van der Waals surface area contributed by atoms with Gasteiger partial charge in [-0.15, -0.1) is 0 Å². The maximum absolute atomic E-state index is 13.0. The monoisotopic (exact) mass is 266 g/mol. The van der Waals surface area contributed by atoms with Crippen LogP contribution in [0.15, 0.2) is 0 Å². The molecule has 1 atom stereocenters. The van der Waals surface area contributed by atoms with Crippen LogP contribution in [0.3, 0.4) is 0 Å². The van der Waals surface area contributed by atoms with E-state index in [1.807, 2.05) is 0 Å². The Labute approximate surface area is 109 Å². The van der Waals surface area contributed by atoms with Gasteiger partial charge in [0.2, 0.25) is 0 Å². The second-order valence-electron chi connectivity index (χ2n) is 4.84. The van der Waals surface area contributed by atoms with E-state index in [-0.39, 0.29) is 18.7 Å². The smallest absolute Gasteiger partial charge is 0.271 e. The molecule has 2 saturated heterocycles. The van der Waals surface area contributed by atoms with Crippen molar-refractivity contribution in [2.75, 3.05) is 26.7 Å². The zero-order chi connectivity index (χ0) is 15.7. The van der Waals surface area contributed by atoms with Crippen molar-refractivity contribution in [3.63, 3.8) is 0 Å². The molecule has 0 bridgehead atoms. The van der Waals surface area contributed by atoms with Gasteiger partial charge in [0.1, 0.15) is 12.7 Å². The molecule has 1 amide bonds. The first-order valence-electron chi connectivity index (χ1n) is 7.62. The largest absolute Gasteiger partial charge is 0.381 e. The van der Waals surface area contributed by atoms with E-state index in [9.17, 15) is 13.6 Å². The third-order valence-electron chi connectivity index (χ3n) is 3.46. The number of carbonyl (C=O) groups excluding carboxylic acids is 1. The lowest BCUT2D eigenvalue weighted by atomic mass is 10.0. The van der Waals surface area contributed by atoms with Gasteiger partial charge >= 0.3 is 0 Å². The molecule has 2 fully saturated rings. The zero-order valence-corrected chi connectivity index (χ0v) is 10.0. The van der Waals surface area contributed by atoms with Crippen LogP contribution in [0.5, 0.6) is 0 Å². The molecule has 0 N–H and O–H groups in total. The predicted octanol–water partition coefficient (Wildman–Crippen LogP) is 1.44. The lowest BCUT2D eigenvalue weighted by Crippen LogP contribution is -2.49.